The molecule has 0 aliphatic carbocycles. The predicted molar refractivity (Wildman–Crippen MR) is 81.1 cm³/mol. The van der Waals surface area contributed by atoms with Gasteiger partial charge in [0.25, 0.3) is 0 Å². The van der Waals surface area contributed by atoms with Crippen LogP contribution in [0.3, 0.4) is 0 Å². The van der Waals surface area contributed by atoms with Crippen LogP contribution >= 0.6 is 11.3 Å². The highest BCUT2D eigenvalue weighted by molar-refractivity contribution is 7.25. The lowest BCUT2D eigenvalue weighted by molar-refractivity contribution is 0.00578. The summed E-state index contributed by atoms with van der Waals surface area (Å²) in [6.45, 7) is 8.25. The van der Waals surface area contributed by atoms with Crippen molar-refractivity contribution in [3.8, 4) is 10.6 Å². The molecule has 0 amide bonds. The van der Waals surface area contributed by atoms with Crippen molar-refractivity contribution in [1.29, 1.82) is 0 Å². The summed E-state index contributed by atoms with van der Waals surface area (Å²) in [6.07, 6.45) is 3.31. The highest BCUT2D eigenvalue weighted by Crippen LogP contribution is 2.37. The number of rotatable bonds is 2. The SMILES string of the molecule is CC1(C)OB(c2ccc(-c3ccncn3)s2)OC1(C)C. The molecule has 20 heavy (non-hydrogen) atoms. The first-order valence-corrected chi connectivity index (χ1v) is 7.42. The summed E-state index contributed by atoms with van der Waals surface area (Å²) in [5, 5.41) is 0. The highest BCUT2D eigenvalue weighted by atomic mass is 32.1. The lowest BCUT2D eigenvalue weighted by atomic mass is 9.88. The van der Waals surface area contributed by atoms with Gasteiger partial charge >= 0.3 is 7.12 Å². The van der Waals surface area contributed by atoms with Gasteiger partial charge in [-0.05, 0) is 39.8 Å². The molecule has 3 heterocycles. The van der Waals surface area contributed by atoms with E-state index < -0.39 is 0 Å². The van der Waals surface area contributed by atoms with Gasteiger partial charge in [0.2, 0.25) is 0 Å². The van der Waals surface area contributed by atoms with Crippen LogP contribution in [0.2, 0.25) is 0 Å². The first-order valence-electron chi connectivity index (χ1n) is 6.61. The van der Waals surface area contributed by atoms with Crippen molar-refractivity contribution in [2.75, 3.05) is 0 Å². The van der Waals surface area contributed by atoms with E-state index in [2.05, 4.69) is 37.7 Å². The van der Waals surface area contributed by atoms with Gasteiger partial charge in [-0.15, -0.1) is 11.3 Å². The Labute approximate surface area is 123 Å². The minimum absolute atomic E-state index is 0.305. The maximum atomic E-state index is 6.05. The fourth-order valence-corrected chi connectivity index (χ4v) is 2.96. The zero-order valence-corrected chi connectivity index (χ0v) is 12.9. The molecule has 4 nitrogen and oxygen atoms in total. The molecule has 1 aliphatic rings. The minimum atomic E-state index is -0.309. The van der Waals surface area contributed by atoms with Gasteiger partial charge < -0.3 is 9.31 Å². The van der Waals surface area contributed by atoms with Crippen molar-refractivity contribution in [3.05, 3.63) is 30.7 Å². The third-order valence-corrected chi connectivity index (χ3v) is 5.08. The molecule has 1 saturated heterocycles. The Morgan fingerprint density at radius 3 is 2.35 bits per heavy atom. The molecule has 6 heteroatoms. The number of nitrogens with zero attached hydrogens (tertiary/aromatic N) is 2. The maximum absolute atomic E-state index is 6.05. The molecule has 1 aliphatic heterocycles. The number of aromatic nitrogens is 2. The molecule has 0 aromatic carbocycles. The van der Waals surface area contributed by atoms with Gasteiger partial charge in [0.05, 0.1) is 21.8 Å². The van der Waals surface area contributed by atoms with Crippen LogP contribution in [0, 0.1) is 0 Å². The third-order valence-electron chi connectivity index (χ3n) is 3.95. The van der Waals surface area contributed by atoms with Crippen LogP contribution < -0.4 is 4.78 Å². The Morgan fingerprint density at radius 1 is 1.05 bits per heavy atom. The standard InChI is InChI=1S/C14H17BN2O2S/c1-13(2)14(3,4)19-15(18-13)12-6-5-11(20-12)10-7-8-16-9-17-10/h5-9H,1-4H3. The van der Waals surface area contributed by atoms with Crippen LogP contribution in [0.4, 0.5) is 0 Å². The molecular weight excluding hydrogens is 271 g/mol. The highest BCUT2D eigenvalue weighted by Gasteiger charge is 2.52. The second-order valence-corrected chi connectivity index (χ2v) is 7.00. The van der Waals surface area contributed by atoms with Crippen LogP contribution in [0.25, 0.3) is 10.6 Å². The Hall–Kier alpha value is -1.24. The summed E-state index contributed by atoms with van der Waals surface area (Å²) in [6, 6.07) is 6.00. The molecule has 0 saturated carbocycles. The third kappa shape index (κ3) is 2.28. The van der Waals surface area contributed by atoms with E-state index in [1.54, 1.807) is 23.9 Å². The number of hydrogen-bond donors (Lipinski definition) is 0. The lowest BCUT2D eigenvalue weighted by Crippen LogP contribution is -2.41. The van der Waals surface area contributed by atoms with E-state index in [4.69, 9.17) is 9.31 Å². The molecule has 0 atom stereocenters. The van der Waals surface area contributed by atoms with Gasteiger partial charge in [-0.25, -0.2) is 9.97 Å². The van der Waals surface area contributed by atoms with Crippen LogP contribution in [0.5, 0.6) is 0 Å². The maximum Gasteiger partial charge on any atom is 0.505 e. The molecule has 0 unspecified atom stereocenters. The van der Waals surface area contributed by atoms with Crippen LogP contribution in [0.1, 0.15) is 27.7 Å². The summed E-state index contributed by atoms with van der Waals surface area (Å²) >= 11 is 1.64. The van der Waals surface area contributed by atoms with Gasteiger partial charge in [0.15, 0.2) is 0 Å². The van der Waals surface area contributed by atoms with Crippen LogP contribution in [-0.4, -0.2) is 28.3 Å². The van der Waals surface area contributed by atoms with Gasteiger partial charge in [-0.3, -0.25) is 0 Å². The Balaban J connectivity index is 1.86. The molecule has 0 radical (unpaired) electrons. The molecular formula is C14H17BN2O2S. The van der Waals surface area contributed by atoms with Crippen molar-refractivity contribution in [2.24, 2.45) is 0 Å². The first-order chi connectivity index (χ1) is 9.39. The monoisotopic (exact) mass is 288 g/mol. The Bertz CT molecular complexity index is 597. The average molecular weight is 288 g/mol. The van der Waals surface area contributed by atoms with Crippen molar-refractivity contribution >= 4 is 23.2 Å². The van der Waals surface area contributed by atoms with E-state index in [9.17, 15) is 0 Å². The summed E-state index contributed by atoms with van der Waals surface area (Å²) in [7, 11) is -0.305. The lowest BCUT2D eigenvalue weighted by Gasteiger charge is -2.32. The van der Waals surface area contributed by atoms with Gasteiger partial charge in [0, 0.05) is 11.0 Å². The van der Waals surface area contributed by atoms with E-state index in [1.807, 2.05) is 18.2 Å². The van der Waals surface area contributed by atoms with Crippen LogP contribution in [-0.2, 0) is 9.31 Å². The summed E-state index contributed by atoms with van der Waals surface area (Å²) in [5.41, 5.74) is 0.306. The molecule has 0 N–H and O–H groups in total. The van der Waals surface area contributed by atoms with Crippen molar-refractivity contribution in [3.63, 3.8) is 0 Å². The van der Waals surface area contributed by atoms with E-state index in [0.717, 1.165) is 15.3 Å². The topological polar surface area (TPSA) is 44.2 Å². The zero-order valence-electron chi connectivity index (χ0n) is 12.1. The average Bonchev–Trinajstić information content (AvgIpc) is 2.94. The number of thiophene rings is 1. The fraction of sp³-hybridized carbons (Fsp3) is 0.429. The van der Waals surface area contributed by atoms with E-state index >= 15 is 0 Å². The Morgan fingerprint density at radius 2 is 1.75 bits per heavy atom. The predicted octanol–water partition coefficient (Wildman–Crippen LogP) is 2.50. The summed E-state index contributed by atoms with van der Waals surface area (Å²) < 4.78 is 13.2. The molecule has 104 valence electrons. The second kappa shape index (κ2) is 4.65. The minimum Gasteiger partial charge on any atom is -0.399 e. The zero-order chi connectivity index (χ0) is 14.4. The normalized spacial score (nSPS) is 20.3. The molecule has 3 rings (SSSR count). The van der Waals surface area contributed by atoms with Gasteiger partial charge in [-0.2, -0.15) is 0 Å². The van der Waals surface area contributed by atoms with Crippen molar-refractivity contribution in [1.82, 2.24) is 9.97 Å². The summed E-state index contributed by atoms with van der Waals surface area (Å²) in [5.74, 6) is 0. The van der Waals surface area contributed by atoms with Crippen molar-refractivity contribution in [2.45, 2.75) is 38.9 Å². The number of hydrogen-bond acceptors (Lipinski definition) is 5. The first kappa shape index (κ1) is 13.7. The molecule has 2 aromatic rings. The molecule has 0 bridgehead atoms. The largest absolute Gasteiger partial charge is 0.505 e. The molecule has 1 fully saturated rings. The van der Waals surface area contributed by atoms with Gasteiger partial charge in [0.1, 0.15) is 6.33 Å². The second-order valence-electron chi connectivity index (χ2n) is 5.88. The van der Waals surface area contributed by atoms with Gasteiger partial charge in [-0.1, -0.05) is 6.07 Å². The summed E-state index contributed by atoms with van der Waals surface area (Å²) in [4.78, 5) is 9.30. The fourth-order valence-electron chi connectivity index (χ4n) is 2.01. The van der Waals surface area contributed by atoms with Crippen molar-refractivity contribution < 1.29 is 9.31 Å². The molecule has 2 aromatic heterocycles. The van der Waals surface area contributed by atoms with E-state index in [-0.39, 0.29) is 18.3 Å². The smallest absolute Gasteiger partial charge is 0.399 e. The molecule has 0 spiro atoms. The Kier molecular flexibility index (Phi) is 3.19. The van der Waals surface area contributed by atoms with E-state index in [0.29, 0.717) is 0 Å². The van der Waals surface area contributed by atoms with Crippen LogP contribution in [0.15, 0.2) is 30.7 Å². The van der Waals surface area contributed by atoms with E-state index in [1.165, 1.54) is 0 Å². The quantitative estimate of drug-likeness (QED) is 0.796.